The minimum Gasteiger partial charge on any atom is -0.484 e. The Morgan fingerprint density at radius 1 is 1.30 bits per heavy atom. The standard InChI is InChI=1S/C17H22ClNO4/c1-11-7-14(8-12(2)16(11)18)23-10-15(20)19-6-4-5-13(9-19)17(21)22-3/h7-8,13H,4-6,9-10H2,1-3H3. The maximum Gasteiger partial charge on any atom is 0.310 e. The van der Waals surface area contributed by atoms with Crippen LogP contribution in [0.1, 0.15) is 24.0 Å². The summed E-state index contributed by atoms with van der Waals surface area (Å²) >= 11 is 6.12. The van der Waals surface area contributed by atoms with Gasteiger partial charge in [0.05, 0.1) is 13.0 Å². The van der Waals surface area contributed by atoms with E-state index in [1.165, 1.54) is 7.11 Å². The lowest BCUT2D eigenvalue weighted by Crippen LogP contribution is -2.44. The van der Waals surface area contributed by atoms with Gasteiger partial charge in [0.2, 0.25) is 0 Å². The van der Waals surface area contributed by atoms with Crippen LogP contribution >= 0.6 is 11.6 Å². The highest BCUT2D eigenvalue weighted by Crippen LogP contribution is 2.26. The fourth-order valence-corrected chi connectivity index (χ4v) is 2.90. The third kappa shape index (κ3) is 4.38. The summed E-state index contributed by atoms with van der Waals surface area (Å²) in [4.78, 5) is 25.6. The second-order valence-electron chi connectivity index (χ2n) is 5.86. The molecular weight excluding hydrogens is 318 g/mol. The van der Waals surface area contributed by atoms with Gasteiger partial charge >= 0.3 is 5.97 Å². The van der Waals surface area contributed by atoms with Gasteiger partial charge in [-0.3, -0.25) is 9.59 Å². The number of nitrogens with zero attached hydrogens (tertiary/aromatic N) is 1. The highest BCUT2D eigenvalue weighted by atomic mass is 35.5. The van der Waals surface area contributed by atoms with Gasteiger partial charge in [0.15, 0.2) is 6.61 Å². The number of piperidine rings is 1. The average molecular weight is 340 g/mol. The van der Waals surface area contributed by atoms with Crippen LogP contribution < -0.4 is 4.74 Å². The van der Waals surface area contributed by atoms with Crippen LogP contribution in [0.4, 0.5) is 0 Å². The van der Waals surface area contributed by atoms with E-state index in [1.54, 1.807) is 4.90 Å². The van der Waals surface area contributed by atoms with E-state index in [9.17, 15) is 9.59 Å². The molecule has 2 rings (SSSR count). The van der Waals surface area contributed by atoms with Crippen LogP contribution in [0.2, 0.25) is 5.02 Å². The summed E-state index contributed by atoms with van der Waals surface area (Å²) in [5, 5.41) is 0.709. The number of halogens is 1. The van der Waals surface area contributed by atoms with E-state index >= 15 is 0 Å². The molecule has 126 valence electrons. The molecule has 1 aromatic carbocycles. The molecule has 1 fully saturated rings. The molecule has 1 aliphatic heterocycles. The molecule has 6 heteroatoms. The normalized spacial score (nSPS) is 17.7. The number of benzene rings is 1. The van der Waals surface area contributed by atoms with Crippen molar-refractivity contribution < 1.29 is 19.1 Å². The van der Waals surface area contributed by atoms with Crippen LogP contribution in [0.5, 0.6) is 5.75 Å². The monoisotopic (exact) mass is 339 g/mol. The summed E-state index contributed by atoms with van der Waals surface area (Å²) in [6, 6.07) is 3.63. The minimum absolute atomic E-state index is 0.0472. The number of aryl methyl sites for hydroxylation is 2. The quantitative estimate of drug-likeness (QED) is 0.791. The van der Waals surface area contributed by atoms with E-state index in [0.29, 0.717) is 23.9 Å². The number of likely N-dealkylation sites (tertiary alicyclic amines) is 1. The van der Waals surface area contributed by atoms with E-state index in [-0.39, 0.29) is 24.4 Å². The Morgan fingerprint density at radius 2 is 1.96 bits per heavy atom. The van der Waals surface area contributed by atoms with E-state index < -0.39 is 0 Å². The van der Waals surface area contributed by atoms with Gasteiger partial charge in [-0.1, -0.05) is 11.6 Å². The van der Waals surface area contributed by atoms with Crippen molar-refractivity contribution in [3.8, 4) is 5.75 Å². The Kier molecular flexibility index (Phi) is 5.88. The van der Waals surface area contributed by atoms with Crippen molar-refractivity contribution in [2.75, 3.05) is 26.8 Å². The Morgan fingerprint density at radius 3 is 2.57 bits per heavy atom. The van der Waals surface area contributed by atoms with Crippen LogP contribution in [-0.4, -0.2) is 43.6 Å². The number of hydrogen-bond acceptors (Lipinski definition) is 4. The lowest BCUT2D eigenvalue weighted by Gasteiger charge is -2.31. The van der Waals surface area contributed by atoms with Crippen molar-refractivity contribution in [1.82, 2.24) is 4.90 Å². The van der Waals surface area contributed by atoms with E-state index in [2.05, 4.69) is 0 Å². The topological polar surface area (TPSA) is 55.8 Å². The zero-order chi connectivity index (χ0) is 17.0. The molecule has 0 saturated carbocycles. The molecule has 0 spiro atoms. The van der Waals surface area contributed by atoms with Crippen LogP contribution in [-0.2, 0) is 14.3 Å². The van der Waals surface area contributed by atoms with Crippen LogP contribution in [0, 0.1) is 19.8 Å². The fourth-order valence-electron chi connectivity index (χ4n) is 2.79. The summed E-state index contributed by atoms with van der Waals surface area (Å²) in [7, 11) is 1.37. The average Bonchev–Trinajstić information content (AvgIpc) is 2.56. The third-order valence-corrected chi connectivity index (χ3v) is 4.68. The van der Waals surface area contributed by atoms with Crippen molar-refractivity contribution in [3.63, 3.8) is 0 Å². The maximum atomic E-state index is 12.3. The van der Waals surface area contributed by atoms with Gasteiger partial charge in [0.1, 0.15) is 5.75 Å². The molecule has 0 aromatic heterocycles. The lowest BCUT2D eigenvalue weighted by atomic mass is 9.98. The molecule has 1 aromatic rings. The third-order valence-electron chi connectivity index (χ3n) is 4.08. The van der Waals surface area contributed by atoms with Gasteiger partial charge in [-0.05, 0) is 49.9 Å². The molecule has 1 unspecified atom stereocenters. The van der Waals surface area contributed by atoms with Gasteiger partial charge in [-0.15, -0.1) is 0 Å². The van der Waals surface area contributed by atoms with E-state index in [4.69, 9.17) is 21.1 Å². The van der Waals surface area contributed by atoms with E-state index in [0.717, 1.165) is 24.0 Å². The largest absolute Gasteiger partial charge is 0.484 e. The van der Waals surface area contributed by atoms with Crippen molar-refractivity contribution in [2.45, 2.75) is 26.7 Å². The predicted octanol–water partition coefficient (Wildman–Crippen LogP) is 2.75. The summed E-state index contributed by atoms with van der Waals surface area (Å²) in [5.41, 5.74) is 1.83. The van der Waals surface area contributed by atoms with Crippen LogP contribution in [0.25, 0.3) is 0 Å². The van der Waals surface area contributed by atoms with Gasteiger partial charge in [-0.2, -0.15) is 0 Å². The zero-order valence-electron chi connectivity index (χ0n) is 13.7. The molecular formula is C17H22ClNO4. The fraction of sp³-hybridized carbons (Fsp3) is 0.529. The van der Waals surface area contributed by atoms with Gasteiger partial charge in [0, 0.05) is 18.1 Å². The molecule has 1 saturated heterocycles. The molecule has 23 heavy (non-hydrogen) atoms. The number of esters is 1. The molecule has 1 heterocycles. The molecule has 0 aliphatic carbocycles. The van der Waals surface area contributed by atoms with Crippen LogP contribution in [0.15, 0.2) is 12.1 Å². The van der Waals surface area contributed by atoms with E-state index in [1.807, 2.05) is 26.0 Å². The molecule has 5 nitrogen and oxygen atoms in total. The first-order chi connectivity index (χ1) is 10.9. The zero-order valence-corrected chi connectivity index (χ0v) is 14.5. The van der Waals surface area contributed by atoms with Gasteiger partial charge < -0.3 is 14.4 Å². The predicted molar refractivity (Wildman–Crippen MR) is 87.7 cm³/mol. The SMILES string of the molecule is COC(=O)C1CCCN(C(=O)COc2cc(C)c(Cl)c(C)c2)C1. The Labute approximate surface area is 141 Å². The van der Waals surface area contributed by atoms with Gasteiger partial charge in [-0.25, -0.2) is 0 Å². The summed E-state index contributed by atoms with van der Waals surface area (Å²) < 4.78 is 10.4. The molecule has 1 atom stereocenters. The highest BCUT2D eigenvalue weighted by Gasteiger charge is 2.29. The first-order valence-electron chi connectivity index (χ1n) is 7.67. The number of hydrogen-bond donors (Lipinski definition) is 0. The number of rotatable bonds is 4. The molecule has 0 bridgehead atoms. The van der Waals surface area contributed by atoms with Crippen molar-refractivity contribution in [2.24, 2.45) is 5.92 Å². The Hall–Kier alpha value is -1.75. The number of ether oxygens (including phenoxy) is 2. The second kappa shape index (κ2) is 7.68. The number of carbonyl (C=O) groups excluding carboxylic acids is 2. The number of methoxy groups -OCH3 is 1. The Bertz CT molecular complexity index is 579. The summed E-state index contributed by atoms with van der Waals surface area (Å²) in [6.45, 7) is 4.79. The Balaban J connectivity index is 1.93. The maximum absolute atomic E-state index is 12.3. The van der Waals surface area contributed by atoms with Crippen molar-refractivity contribution >= 4 is 23.5 Å². The number of carbonyl (C=O) groups is 2. The van der Waals surface area contributed by atoms with Gasteiger partial charge in [0.25, 0.3) is 5.91 Å². The first-order valence-corrected chi connectivity index (χ1v) is 8.05. The molecule has 1 amide bonds. The first kappa shape index (κ1) is 17.6. The van der Waals surface area contributed by atoms with Crippen LogP contribution in [0.3, 0.4) is 0 Å². The summed E-state index contributed by atoms with van der Waals surface area (Å²) in [6.07, 6.45) is 1.55. The molecule has 0 N–H and O–H groups in total. The summed E-state index contributed by atoms with van der Waals surface area (Å²) in [5.74, 6) is 0.00762. The smallest absolute Gasteiger partial charge is 0.310 e. The highest BCUT2D eigenvalue weighted by molar-refractivity contribution is 6.32. The number of amides is 1. The molecule has 0 radical (unpaired) electrons. The van der Waals surface area contributed by atoms with Crippen molar-refractivity contribution in [3.05, 3.63) is 28.3 Å². The minimum atomic E-state index is -0.257. The lowest BCUT2D eigenvalue weighted by molar-refractivity contribution is -0.149. The second-order valence-corrected chi connectivity index (χ2v) is 6.24. The van der Waals surface area contributed by atoms with Crippen molar-refractivity contribution in [1.29, 1.82) is 0 Å². The molecule has 1 aliphatic rings.